The third kappa shape index (κ3) is 2.90. The second-order valence-electron chi connectivity index (χ2n) is 5.17. The minimum absolute atomic E-state index is 0.0865. The van der Waals surface area contributed by atoms with E-state index >= 15 is 0 Å². The van der Waals surface area contributed by atoms with Crippen LogP contribution < -0.4 is 5.73 Å². The van der Waals surface area contributed by atoms with Crippen LogP contribution in [0.2, 0.25) is 0 Å². The number of hydrogen-bond acceptors (Lipinski definition) is 2. The highest BCUT2D eigenvalue weighted by molar-refractivity contribution is 7.07. The molecule has 0 saturated carbocycles. The van der Waals surface area contributed by atoms with Gasteiger partial charge in [0, 0.05) is 11.5 Å². The largest absolute Gasteiger partial charge is 0.327 e. The molecule has 0 bridgehead atoms. The van der Waals surface area contributed by atoms with E-state index < -0.39 is 0 Å². The molecular weight excluding hydrogens is 250 g/mol. The summed E-state index contributed by atoms with van der Waals surface area (Å²) in [4.78, 5) is 0. The van der Waals surface area contributed by atoms with Crippen molar-refractivity contribution < 1.29 is 0 Å². The summed E-state index contributed by atoms with van der Waals surface area (Å²) in [6.45, 7) is 4.51. The normalized spacial score (nSPS) is 13.4. The minimum atomic E-state index is 0.0865. The zero-order valence-electron chi connectivity index (χ0n) is 11.8. The molecule has 102 valence electrons. The van der Waals surface area contributed by atoms with E-state index in [1.165, 1.54) is 11.1 Å². The van der Waals surface area contributed by atoms with E-state index in [1.54, 1.807) is 11.3 Å². The average Bonchev–Trinajstić information content (AvgIpc) is 2.95. The first-order valence-electron chi connectivity index (χ1n) is 7.05. The molecule has 1 heterocycles. The van der Waals surface area contributed by atoms with Crippen molar-refractivity contribution in [2.75, 3.05) is 0 Å². The van der Waals surface area contributed by atoms with Gasteiger partial charge in [0.05, 0.1) is 0 Å². The lowest BCUT2D eigenvalue weighted by molar-refractivity contribution is 0.315. The lowest BCUT2D eigenvalue weighted by Gasteiger charge is -2.38. The molecule has 0 aliphatic heterocycles. The molecule has 0 aliphatic carbocycles. The highest BCUT2D eigenvalue weighted by Gasteiger charge is 2.34. The van der Waals surface area contributed by atoms with Crippen molar-refractivity contribution in [2.24, 2.45) is 5.73 Å². The Kier molecular flexibility index (Phi) is 4.78. The van der Waals surface area contributed by atoms with Gasteiger partial charge in [-0.2, -0.15) is 11.3 Å². The van der Waals surface area contributed by atoms with Crippen molar-refractivity contribution in [3.05, 3.63) is 58.3 Å². The highest BCUT2D eigenvalue weighted by Crippen LogP contribution is 2.35. The lowest BCUT2D eigenvalue weighted by Crippen LogP contribution is -2.46. The molecule has 0 aliphatic rings. The standard InChI is InChI=1S/C17H23NS/c1-3-17(4-2,15-8-6-5-7-9-15)16(18)12-14-10-11-19-13-14/h5-11,13,16H,3-4,12,18H2,1-2H3. The van der Waals surface area contributed by atoms with Gasteiger partial charge in [-0.25, -0.2) is 0 Å². The van der Waals surface area contributed by atoms with Crippen molar-refractivity contribution in [3.8, 4) is 0 Å². The summed E-state index contributed by atoms with van der Waals surface area (Å²) in [5.41, 5.74) is 9.43. The Bertz CT molecular complexity index is 471. The molecule has 19 heavy (non-hydrogen) atoms. The van der Waals surface area contributed by atoms with Gasteiger partial charge in [-0.1, -0.05) is 44.2 Å². The fourth-order valence-electron chi connectivity index (χ4n) is 3.02. The second kappa shape index (κ2) is 6.36. The smallest absolute Gasteiger partial charge is 0.0177 e. The van der Waals surface area contributed by atoms with Crippen LogP contribution in [0.4, 0.5) is 0 Å². The molecule has 0 spiro atoms. The van der Waals surface area contributed by atoms with Gasteiger partial charge in [0.1, 0.15) is 0 Å². The van der Waals surface area contributed by atoms with Gasteiger partial charge in [-0.05, 0) is 47.2 Å². The van der Waals surface area contributed by atoms with Gasteiger partial charge in [-0.3, -0.25) is 0 Å². The average molecular weight is 273 g/mol. The molecule has 0 saturated heterocycles. The van der Waals surface area contributed by atoms with E-state index in [2.05, 4.69) is 61.0 Å². The first kappa shape index (κ1) is 14.3. The van der Waals surface area contributed by atoms with Crippen LogP contribution >= 0.6 is 11.3 Å². The van der Waals surface area contributed by atoms with E-state index in [4.69, 9.17) is 5.73 Å². The topological polar surface area (TPSA) is 26.0 Å². The van der Waals surface area contributed by atoms with E-state index in [1.807, 2.05) is 0 Å². The second-order valence-corrected chi connectivity index (χ2v) is 5.95. The van der Waals surface area contributed by atoms with Crippen molar-refractivity contribution >= 4 is 11.3 Å². The van der Waals surface area contributed by atoms with Crippen molar-refractivity contribution in [1.82, 2.24) is 0 Å². The molecule has 2 heteroatoms. The Balaban J connectivity index is 2.28. The van der Waals surface area contributed by atoms with Crippen LogP contribution in [0.1, 0.15) is 37.8 Å². The molecule has 2 rings (SSSR count). The van der Waals surface area contributed by atoms with Crippen LogP contribution in [-0.2, 0) is 11.8 Å². The third-order valence-corrected chi connectivity index (χ3v) is 5.09. The number of hydrogen-bond donors (Lipinski definition) is 1. The first-order valence-corrected chi connectivity index (χ1v) is 7.99. The molecule has 2 N–H and O–H groups in total. The quantitative estimate of drug-likeness (QED) is 0.830. The molecule has 1 unspecified atom stereocenters. The summed E-state index contributed by atoms with van der Waals surface area (Å²) in [6, 6.07) is 13.1. The fourth-order valence-corrected chi connectivity index (χ4v) is 3.71. The maximum atomic E-state index is 6.60. The summed E-state index contributed by atoms with van der Waals surface area (Å²) < 4.78 is 0. The Morgan fingerprint density at radius 1 is 1.11 bits per heavy atom. The SMILES string of the molecule is CCC(CC)(c1ccccc1)C(N)Cc1ccsc1. The highest BCUT2D eigenvalue weighted by atomic mass is 32.1. The van der Waals surface area contributed by atoms with E-state index in [9.17, 15) is 0 Å². The summed E-state index contributed by atoms with van der Waals surface area (Å²) >= 11 is 1.75. The Hall–Kier alpha value is -1.12. The number of benzene rings is 1. The van der Waals surface area contributed by atoms with E-state index in [0.29, 0.717) is 0 Å². The van der Waals surface area contributed by atoms with Crippen LogP contribution in [-0.4, -0.2) is 6.04 Å². The molecule has 2 aromatic rings. The van der Waals surface area contributed by atoms with Crippen molar-refractivity contribution in [3.63, 3.8) is 0 Å². The van der Waals surface area contributed by atoms with Gasteiger partial charge >= 0.3 is 0 Å². The number of thiophene rings is 1. The van der Waals surface area contributed by atoms with Gasteiger partial charge in [0.15, 0.2) is 0 Å². The minimum Gasteiger partial charge on any atom is -0.327 e. The molecule has 1 aromatic carbocycles. The molecule has 1 aromatic heterocycles. The van der Waals surface area contributed by atoms with Crippen molar-refractivity contribution in [1.29, 1.82) is 0 Å². The molecule has 0 fully saturated rings. The van der Waals surface area contributed by atoms with Crippen LogP contribution in [0.15, 0.2) is 47.2 Å². The zero-order valence-corrected chi connectivity index (χ0v) is 12.6. The maximum absolute atomic E-state index is 6.60. The van der Waals surface area contributed by atoms with Crippen LogP contribution in [0.5, 0.6) is 0 Å². The zero-order chi connectivity index (χ0) is 13.7. The number of rotatable bonds is 6. The summed E-state index contributed by atoms with van der Waals surface area (Å²) in [6.07, 6.45) is 3.12. The molecule has 1 atom stereocenters. The predicted molar refractivity (Wildman–Crippen MR) is 84.7 cm³/mol. The van der Waals surface area contributed by atoms with Gasteiger partial charge in [0.25, 0.3) is 0 Å². The molecule has 0 amide bonds. The molecule has 1 nitrogen and oxygen atoms in total. The summed E-state index contributed by atoms with van der Waals surface area (Å²) in [5.74, 6) is 0. The number of nitrogens with two attached hydrogens (primary N) is 1. The predicted octanol–water partition coefficient (Wildman–Crippen LogP) is 4.38. The van der Waals surface area contributed by atoms with E-state index in [-0.39, 0.29) is 11.5 Å². The monoisotopic (exact) mass is 273 g/mol. The van der Waals surface area contributed by atoms with Crippen molar-refractivity contribution in [2.45, 2.75) is 44.6 Å². The van der Waals surface area contributed by atoms with Crippen LogP contribution in [0.3, 0.4) is 0 Å². The molecular formula is C17H23NS. The van der Waals surface area contributed by atoms with Gasteiger partial charge in [0.2, 0.25) is 0 Å². The lowest BCUT2D eigenvalue weighted by atomic mass is 9.69. The van der Waals surface area contributed by atoms with Gasteiger partial charge in [-0.15, -0.1) is 0 Å². The van der Waals surface area contributed by atoms with Gasteiger partial charge < -0.3 is 5.73 Å². The van der Waals surface area contributed by atoms with Crippen LogP contribution in [0.25, 0.3) is 0 Å². The Labute approximate surface area is 120 Å². The fraction of sp³-hybridized carbons (Fsp3) is 0.412. The Morgan fingerprint density at radius 2 is 1.79 bits per heavy atom. The molecule has 0 radical (unpaired) electrons. The third-order valence-electron chi connectivity index (χ3n) is 4.36. The first-order chi connectivity index (χ1) is 9.23. The van der Waals surface area contributed by atoms with Crippen LogP contribution in [0, 0.1) is 0 Å². The summed E-state index contributed by atoms with van der Waals surface area (Å²) in [5, 5.41) is 4.34. The van der Waals surface area contributed by atoms with E-state index in [0.717, 1.165) is 19.3 Å². The maximum Gasteiger partial charge on any atom is 0.0177 e. The summed E-state index contributed by atoms with van der Waals surface area (Å²) in [7, 11) is 0. The Morgan fingerprint density at radius 3 is 2.32 bits per heavy atom.